The Bertz CT molecular complexity index is 857. The quantitative estimate of drug-likeness (QED) is 0.663. The Labute approximate surface area is 127 Å². The van der Waals surface area contributed by atoms with E-state index in [4.69, 9.17) is 13.6 Å². The fraction of sp³-hybridized carbons (Fsp3) is 0.167. The molecule has 0 spiro atoms. The van der Waals surface area contributed by atoms with Gasteiger partial charge in [0.2, 0.25) is 16.9 Å². The van der Waals surface area contributed by atoms with Crippen LogP contribution >= 0.6 is 0 Å². The fourth-order valence-corrected chi connectivity index (χ4v) is 2.29. The molecule has 3 rings (SSSR count). The molecule has 0 bridgehead atoms. The number of hydrogen-bond donors (Lipinski definition) is 0. The zero-order valence-electron chi connectivity index (χ0n) is 12.3. The first-order valence-electron chi connectivity index (χ1n) is 7.12. The summed E-state index contributed by atoms with van der Waals surface area (Å²) >= 11 is 0. The van der Waals surface area contributed by atoms with Gasteiger partial charge in [-0.3, -0.25) is 4.79 Å². The van der Waals surface area contributed by atoms with Crippen LogP contribution in [-0.4, -0.2) is 6.61 Å². The molecule has 0 aliphatic rings. The fourth-order valence-electron chi connectivity index (χ4n) is 2.29. The van der Waals surface area contributed by atoms with Crippen molar-refractivity contribution >= 4 is 11.0 Å². The van der Waals surface area contributed by atoms with Gasteiger partial charge in [0, 0.05) is 0 Å². The van der Waals surface area contributed by atoms with Crippen molar-refractivity contribution in [3.63, 3.8) is 0 Å². The summed E-state index contributed by atoms with van der Waals surface area (Å²) in [4.78, 5) is 12.8. The third kappa shape index (κ3) is 2.44. The van der Waals surface area contributed by atoms with E-state index in [-0.39, 0.29) is 17.8 Å². The number of hydrogen-bond acceptors (Lipinski definition) is 4. The van der Waals surface area contributed by atoms with Crippen molar-refractivity contribution in [2.45, 2.75) is 13.3 Å². The van der Waals surface area contributed by atoms with Gasteiger partial charge in [-0.05, 0) is 36.2 Å². The van der Waals surface area contributed by atoms with Crippen LogP contribution in [0.3, 0.4) is 0 Å². The second kappa shape index (κ2) is 5.93. The molecule has 0 radical (unpaired) electrons. The molecule has 4 nitrogen and oxygen atoms in total. The molecule has 0 saturated carbocycles. The first-order chi connectivity index (χ1) is 10.7. The summed E-state index contributed by atoms with van der Waals surface area (Å²) in [5.74, 6) is 0.904. The van der Waals surface area contributed by atoms with E-state index in [0.29, 0.717) is 22.5 Å². The predicted octanol–water partition coefficient (Wildman–Crippen LogP) is 4.18. The third-order valence-electron chi connectivity index (χ3n) is 3.41. The Hall–Kier alpha value is -2.75. The van der Waals surface area contributed by atoms with Gasteiger partial charge in [0.1, 0.15) is 12.2 Å². The molecule has 0 unspecified atom stereocenters. The predicted molar refractivity (Wildman–Crippen MR) is 85.3 cm³/mol. The van der Waals surface area contributed by atoms with E-state index in [1.165, 1.54) is 6.26 Å². The molecule has 0 N–H and O–H groups in total. The molecule has 0 atom stereocenters. The first kappa shape index (κ1) is 14.2. The normalized spacial score (nSPS) is 10.8. The zero-order chi connectivity index (χ0) is 15.5. The topological polar surface area (TPSA) is 52.6 Å². The van der Waals surface area contributed by atoms with E-state index < -0.39 is 0 Å². The van der Waals surface area contributed by atoms with Gasteiger partial charge in [-0.1, -0.05) is 25.6 Å². The Morgan fingerprint density at radius 1 is 1.32 bits per heavy atom. The van der Waals surface area contributed by atoms with Gasteiger partial charge >= 0.3 is 0 Å². The zero-order valence-corrected chi connectivity index (χ0v) is 12.3. The van der Waals surface area contributed by atoms with Crippen LogP contribution in [0.1, 0.15) is 12.5 Å². The lowest BCUT2D eigenvalue weighted by Crippen LogP contribution is -2.10. The molecule has 0 aliphatic carbocycles. The minimum Gasteiger partial charge on any atom is -0.482 e. The number of aryl methyl sites for hydroxylation is 1. The molecule has 0 aliphatic heterocycles. The highest BCUT2D eigenvalue weighted by Crippen LogP contribution is 2.31. The van der Waals surface area contributed by atoms with Crippen molar-refractivity contribution in [3.8, 4) is 17.3 Å². The number of furan rings is 1. The van der Waals surface area contributed by atoms with Crippen LogP contribution in [0.15, 0.2) is 62.9 Å². The van der Waals surface area contributed by atoms with Gasteiger partial charge in [-0.2, -0.15) is 0 Å². The maximum atomic E-state index is 12.8. The molecule has 4 heteroatoms. The largest absolute Gasteiger partial charge is 0.482 e. The minimum atomic E-state index is -0.204. The molecule has 2 aromatic heterocycles. The maximum Gasteiger partial charge on any atom is 0.235 e. The van der Waals surface area contributed by atoms with Crippen LogP contribution in [0.4, 0.5) is 0 Å². The average Bonchev–Trinajstić information content (AvgIpc) is 3.08. The van der Waals surface area contributed by atoms with Crippen molar-refractivity contribution in [2.24, 2.45) is 0 Å². The third-order valence-corrected chi connectivity index (χ3v) is 3.41. The minimum absolute atomic E-state index is 0.149. The van der Waals surface area contributed by atoms with Crippen LogP contribution in [-0.2, 0) is 6.42 Å². The van der Waals surface area contributed by atoms with E-state index in [1.54, 1.807) is 24.3 Å². The van der Waals surface area contributed by atoms with Crippen molar-refractivity contribution in [1.82, 2.24) is 0 Å². The summed E-state index contributed by atoms with van der Waals surface area (Å²) in [6, 6.07) is 9.05. The highest BCUT2D eigenvalue weighted by atomic mass is 16.5. The van der Waals surface area contributed by atoms with Crippen LogP contribution in [0, 0.1) is 0 Å². The van der Waals surface area contributed by atoms with Crippen LogP contribution < -0.4 is 10.2 Å². The van der Waals surface area contributed by atoms with Crippen molar-refractivity contribution in [3.05, 3.63) is 65.0 Å². The monoisotopic (exact) mass is 296 g/mol. The van der Waals surface area contributed by atoms with Crippen LogP contribution in [0.25, 0.3) is 22.5 Å². The second-order valence-corrected chi connectivity index (χ2v) is 4.85. The lowest BCUT2D eigenvalue weighted by atomic mass is 10.1. The van der Waals surface area contributed by atoms with E-state index in [2.05, 4.69) is 6.58 Å². The Morgan fingerprint density at radius 2 is 2.18 bits per heavy atom. The highest BCUT2D eigenvalue weighted by Gasteiger charge is 2.19. The lowest BCUT2D eigenvalue weighted by Gasteiger charge is -2.09. The summed E-state index contributed by atoms with van der Waals surface area (Å²) < 4.78 is 16.8. The van der Waals surface area contributed by atoms with Gasteiger partial charge < -0.3 is 13.6 Å². The van der Waals surface area contributed by atoms with E-state index in [1.807, 2.05) is 19.1 Å². The van der Waals surface area contributed by atoms with Crippen molar-refractivity contribution in [1.29, 1.82) is 0 Å². The summed E-state index contributed by atoms with van der Waals surface area (Å²) in [5.41, 5.74) is 1.38. The highest BCUT2D eigenvalue weighted by molar-refractivity contribution is 5.81. The van der Waals surface area contributed by atoms with Crippen LogP contribution in [0.5, 0.6) is 5.75 Å². The molecule has 3 aromatic rings. The standard InChI is InChI=1S/C18H16O4/c1-3-9-21-18-16(19)13-11-12(4-2)7-8-14(13)22-17(18)15-6-5-10-20-15/h3,5-8,10-11H,1,4,9H2,2H3. The van der Waals surface area contributed by atoms with Gasteiger partial charge in [0.15, 0.2) is 5.76 Å². The molecule has 112 valence electrons. The molecular weight excluding hydrogens is 280 g/mol. The molecule has 0 fully saturated rings. The summed E-state index contributed by atoms with van der Waals surface area (Å²) in [7, 11) is 0. The first-order valence-corrected chi connectivity index (χ1v) is 7.12. The second-order valence-electron chi connectivity index (χ2n) is 4.85. The molecule has 22 heavy (non-hydrogen) atoms. The van der Waals surface area contributed by atoms with Crippen molar-refractivity contribution < 1.29 is 13.6 Å². The molecule has 2 heterocycles. The molecular formula is C18H16O4. The molecule has 1 aromatic carbocycles. The Morgan fingerprint density at radius 3 is 2.86 bits per heavy atom. The number of benzene rings is 1. The van der Waals surface area contributed by atoms with E-state index >= 15 is 0 Å². The van der Waals surface area contributed by atoms with Gasteiger partial charge in [0.25, 0.3) is 0 Å². The summed E-state index contributed by atoms with van der Waals surface area (Å²) in [6.07, 6.45) is 3.95. The lowest BCUT2D eigenvalue weighted by molar-refractivity contribution is 0.349. The number of fused-ring (bicyclic) bond motifs is 1. The van der Waals surface area contributed by atoms with Crippen LogP contribution in [0.2, 0.25) is 0 Å². The Balaban J connectivity index is 2.29. The average molecular weight is 296 g/mol. The van der Waals surface area contributed by atoms with Gasteiger partial charge in [0.05, 0.1) is 11.6 Å². The maximum absolute atomic E-state index is 12.8. The van der Waals surface area contributed by atoms with Gasteiger partial charge in [-0.15, -0.1) is 0 Å². The molecule has 0 amide bonds. The smallest absolute Gasteiger partial charge is 0.235 e. The number of ether oxygens (including phenoxy) is 1. The van der Waals surface area contributed by atoms with E-state index in [0.717, 1.165) is 12.0 Å². The summed E-state index contributed by atoms with van der Waals surface area (Å²) in [6.45, 7) is 5.86. The number of rotatable bonds is 5. The van der Waals surface area contributed by atoms with Gasteiger partial charge in [-0.25, -0.2) is 0 Å². The Kier molecular flexibility index (Phi) is 3.83. The SMILES string of the molecule is C=CCOc1c(-c2ccco2)oc2ccc(CC)cc2c1=O. The van der Waals surface area contributed by atoms with Crippen molar-refractivity contribution in [2.75, 3.05) is 6.61 Å². The summed E-state index contributed by atoms with van der Waals surface area (Å²) in [5, 5.41) is 0.508. The van der Waals surface area contributed by atoms with E-state index in [9.17, 15) is 4.79 Å². The molecule has 0 saturated heterocycles.